The quantitative estimate of drug-likeness (QED) is 0.527. The van der Waals surface area contributed by atoms with Crippen LogP contribution in [0.15, 0.2) is 18.3 Å². The number of aldehydes is 1. The summed E-state index contributed by atoms with van der Waals surface area (Å²) < 4.78 is 2.96. The van der Waals surface area contributed by atoms with Gasteiger partial charge in [-0.1, -0.05) is 11.6 Å². The van der Waals surface area contributed by atoms with Crippen LogP contribution < -0.4 is 3.53 Å². The van der Waals surface area contributed by atoms with Crippen LogP contribution in [0.25, 0.3) is 0 Å². The van der Waals surface area contributed by atoms with E-state index in [-0.39, 0.29) is 6.04 Å². The molecule has 5 heteroatoms. The molecule has 1 N–H and O–H groups in total. The number of hydrogen-bond donors (Lipinski definition) is 1. The van der Waals surface area contributed by atoms with E-state index < -0.39 is 0 Å². The number of nitrogens with one attached hydrogen (secondary N) is 1. The van der Waals surface area contributed by atoms with Crippen molar-refractivity contribution in [1.29, 1.82) is 0 Å². The Morgan fingerprint density at radius 3 is 3.08 bits per heavy atom. The van der Waals surface area contributed by atoms with Gasteiger partial charge < -0.3 is 4.79 Å². The number of carbonyl (C=O) groups excluding carboxylic acids is 1. The molecule has 1 rings (SSSR count). The summed E-state index contributed by atoms with van der Waals surface area (Å²) in [5.74, 6) is 0. The highest BCUT2D eigenvalue weighted by atomic mass is 127. The third kappa shape index (κ3) is 3.21. The van der Waals surface area contributed by atoms with Crippen LogP contribution in [0.2, 0.25) is 5.02 Å². The van der Waals surface area contributed by atoms with Gasteiger partial charge in [-0.25, -0.2) is 0 Å². The zero-order chi connectivity index (χ0) is 9.68. The van der Waals surface area contributed by atoms with E-state index in [2.05, 4.69) is 8.51 Å². The number of carbonyl (C=O) groups is 1. The molecule has 0 bridgehead atoms. The minimum absolute atomic E-state index is 0.0585. The van der Waals surface area contributed by atoms with E-state index in [0.29, 0.717) is 11.4 Å². The highest BCUT2D eigenvalue weighted by molar-refractivity contribution is 14.1. The van der Waals surface area contributed by atoms with Gasteiger partial charge in [0.05, 0.1) is 11.7 Å². The maximum absolute atomic E-state index is 10.3. The van der Waals surface area contributed by atoms with Crippen molar-refractivity contribution in [3.8, 4) is 0 Å². The van der Waals surface area contributed by atoms with Crippen LogP contribution in [-0.2, 0) is 4.79 Å². The highest BCUT2D eigenvalue weighted by Gasteiger charge is 2.10. The van der Waals surface area contributed by atoms with Crippen molar-refractivity contribution in [1.82, 2.24) is 8.51 Å². The molecule has 0 aliphatic heterocycles. The molecule has 0 aliphatic rings. The lowest BCUT2D eigenvalue weighted by Gasteiger charge is -2.10. The van der Waals surface area contributed by atoms with E-state index in [1.807, 2.05) is 22.9 Å². The molecule has 0 unspecified atom stereocenters. The molecule has 1 atom stereocenters. The van der Waals surface area contributed by atoms with Crippen LogP contribution in [0.5, 0.6) is 0 Å². The van der Waals surface area contributed by atoms with Gasteiger partial charge in [0.15, 0.2) is 0 Å². The first-order chi connectivity index (χ1) is 6.27. The molecule has 70 valence electrons. The van der Waals surface area contributed by atoms with Crippen molar-refractivity contribution in [3.05, 3.63) is 29.0 Å². The van der Waals surface area contributed by atoms with Gasteiger partial charge >= 0.3 is 0 Å². The summed E-state index contributed by atoms with van der Waals surface area (Å²) >= 11 is 7.78. The van der Waals surface area contributed by atoms with Crippen molar-refractivity contribution in [3.63, 3.8) is 0 Å². The first-order valence-corrected chi connectivity index (χ1v) is 5.15. The normalized spacial score (nSPS) is 12.5. The Bertz CT molecular complexity index is 295. The Morgan fingerprint density at radius 1 is 1.77 bits per heavy atom. The van der Waals surface area contributed by atoms with Crippen LogP contribution in [0.1, 0.15) is 18.2 Å². The van der Waals surface area contributed by atoms with Crippen LogP contribution in [-0.4, -0.2) is 11.3 Å². The fourth-order valence-electron chi connectivity index (χ4n) is 0.929. The predicted molar refractivity (Wildman–Crippen MR) is 59.8 cm³/mol. The second-order valence-electron chi connectivity index (χ2n) is 2.46. The minimum atomic E-state index is -0.0585. The monoisotopic (exact) mass is 310 g/mol. The van der Waals surface area contributed by atoms with E-state index >= 15 is 0 Å². The van der Waals surface area contributed by atoms with E-state index in [1.54, 1.807) is 18.3 Å². The van der Waals surface area contributed by atoms with Gasteiger partial charge in [-0.05, 0) is 12.1 Å². The molecule has 0 fully saturated rings. The lowest BCUT2D eigenvalue weighted by molar-refractivity contribution is -0.108. The average Bonchev–Trinajstić information content (AvgIpc) is 2.14. The van der Waals surface area contributed by atoms with Crippen molar-refractivity contribution in [2.45, 2.75) is 12.5 Å². The van der Waals surface area contributed by atoms with Crippen molar-refractivity contribution >= 4 is 40.8 Å². The van der Waals surface area contributed by atoms with Crippen LogP contribution in [0, 0.1) is 0 Å². The maximum Gasteiger partial charge on any atom is 0.121 e. The van der Waals surface area contributed by atoms with E-state index in [4.69, 9.17) is 11.6 Å². The van der Waals surface area contributed by atoms with Gasteiger partial charge in [-0.15, -0.1) is 0 Å². The second-order valence-corrected chi connectivity index (χ2v) is 3.52. The lowest BCUT2D eigenvalue weighted by atomic mass is 10.1. The van der Waals surface area contributed by atoms with Crippen molar-refractivity contribution < 1.29 is 4.79 Å². The number of hydrogen-bond acceptors (Lipinski definition) is 3. The molecule has 1 aromatic rings. The molecule has 0 radical (unpaired) electrons. The summed E-state index contributed by atoms with van der Waals surface area (Å²) in [6.45, 7) is 0. The van der Waals surface area contributed by atoms with Gasteiger partial charge in [-0.2, -0.15) is 0 Å². The molecule has 0 spiro atoms. The third-order valence-electron chi connectivity index (χ3n) is 1.56. The number of aromatic nitrogens is 1. The number of halogens is 2. The molecule has 0 amide bonds. The summed E-state index contributed by atoms with van der Waals surface area (Å²) in [6.07, 6.45) is 2.89. The van der Waals surface area contributed by atoms with Gasteiger partial charge in [0, 0.05) is 40.5 Å². The smallest absolute Gasteiger partial charge is 0.121 e. The van der Waals surface area contributed by atoms with Crippen LogP contribution in [0.4, 0.5) is 0 Å². The number of pyridine rings is 1. The van der Waals surface area contributed by atoms with Gasteiger partial charge in [-0.3, -0.25) is 8.51 Å². The third-order valence-corrected chi connectivity index (χ3v) is 2.55. The summed E-state index contributed by atoms with van der Waals surface area (Å²) in [5, 5.41) is 0.632. The molecule has 0 aliphatic carbocycles. The molecule has 13 heavy (non-hydrogen) atoms. The van der Waals surface area contributed by atoms with Gasteiger partial charge in [0.1, 0.15) is 6.29 Å². The summed E-state index contributed by atoms with van der Waals surface area (Å²) in [7, 11) is 0. The molecular formula is C8H8ClIN2O. The van der Waals surface area contributed by atoms with Gasteiger partial charge in [0.2, 0.25) is 0 Å². The largest absolute Gasteiger partial charge is 0.303 e. The fraction of sp³-hybridized carbons (Fsp3) is 0.250. The Morgan fingerprint density at radius 2 is 2.54 bits per heavy atom. The first-order valence-electron chi connectivity index (χ1n) is 3.69. The SMILES string of the molecule is O=CC[C@H](NI)c1cc(Cl)ccn1. The topological polar surface area (TPSA) is 42.0 Å². The molecule has 3 nitrogen and oxygen atoms in total. The highest BCUT2D eigenvalue weighted by Crippen LogP contribution is 2.17. The molecule has 1 aromatic heterocycles. The number of nitrogens with zero attached hydrogens (tertiary/aromatic N) is 1. The van der Waals surface area contributed by atoms with E-state index in [1.165, 1.54) is 0 Å². The lowest BCUT2D eigenvalue weighted by Crippen LogP contribution is -2.12. The molecule has 1 heterocycles. The Kier molecular flexibility index (Phi) is 4.61. The van der Waals surface area contributed by atoms with E-state index in [9.17, 15) is 4.79 Å². The van der Waals surface area contributed by atoms with Crippen molar-refractivity contribution in [2.75, 3.05) is 0 Å². The maximum atomic E-state index is 10.3. The molecule has 0 saturated carbocycles. The van der Waals surface area contributed by atoms with Crippen LogP contribution in [0.3, 0.4) is 0 Å². The molecule has 0 saturated heterocycles. The zero-order valence-corrected chi connectivity index (χ0v) is 9.62. The second kappa shape index (κ2) is 5.51. The molecular weight excluding hydrogens is 302 g/mol. The summed E-state index contributed by atoms with van der Waals surface area (Å²) in [5.41, 5.74) is 0.786. The predicted octanol–water partition coefficient (Wildman–Crippen LogP) is 2.30. The minimum Gasteiger partial charge on any atom is -0.303 e. The fourth-order valence-corrected chi connectivity index (χ4v) is 1.67. The Hall–Kier alpha value is -0.200. The Labute approximate surface area is 95.4 Å². The van der Waals surface area contributed by atoms with Crippen molar-refractivity contribution in [2.24, 2.45) is 0 Å². The average molecular weight is 311 g/mol. The standard InChI is InChI=1S/C8H8ClIN2O/c9-6-1-3-11-8(5-6)7(12-10)2-4-13/h1,3-5,7,12H,2H2/t7-/m0/s1. The van der Waals surface area contributed by atoms with E-state index in [0.717, 1.165) is 12.0 Å². The summed E-state index contributed by atoms with van der Waals surface area (Å²) in [6, 6.07) is 3.40. The molecule has 0 aromatic carbocycles. The Balaban J connectivity index is 2.84. The zero-order valence-electron chi connectivity index (χ0n) is 6.71. The number of rotatable bonds is 4. The summed E-state index contributed by atoms with van der Waals surface area (Å²) in [4.78, 5) is 14.4. The van der Waals surface area contributed by atoms with Gasteiger partial charge in [0.25, 0.3) is 0 Å². The first kappa shape index (κ1) is 10.9. The van der Waals surface area contributed by atoms with Crippen LogP contribution >= 0.6 is 34.5 Å².